The molecule has 126 valence electrons. The maximum atomic E-state index is 12.5. The van der Waals surface area contributed by atoms with Gasteiger partial charge >= 0.3 is 12.0 Å². The van der Waals surface area contributed by atoms with Crippen LogP contribution in [-0.4, -0.2) is 20.6 Å². The first-order chi connectivity index (χ1) is 10.3. The van der Waals surface area contributed by atoms with Gasteiger partial charge in [-0.25, -0.2) is 0 Å². The average Bonchev–Trinajstić information content (AvgIpc) is 2.36. The smallest absolute Gasteiger partial charge is 0.253 e. The van der Waals surface area contributed by atoms with Crippen LogP contribution in [0.4, 0.5) is 13.2 Å². The van der Waals surface area contributed by atoms with Crippen molar-refractivity contribution >= 4 is 0 Å². The lowest BCUT2D eigenvalue weighted by Gasteiger charge is -2.25. The Labute approximate surface area is 126 Å². The van der Waals surface area contributed by atoms with E-state index in [9.17, 15) is 43.5 Å². The summed E-state index contributed by atoms with van der Waals surface area (Å²) < 4.78 is 37.5. The van der Waals surface area contributed by atoms with E-state index >= 15 is 0 Å². The average molecular weight is 337 g/mol. The molecule has 0 saturated carbocycles. The van der Waals surface area contributed by atoms with Crippen LogP contribution in [0, 0.1) is 30.3 Å². The van der Waals surface area contributed by atoms with Crippen LogP contribution >= 0.6 is 0 Å². The van der Waals surface area contributed by atoms with Gasteiger partial charge in [0.15, 0.2) is 14.8 Å². The molecule has 0 spiro atoms. The molecular weight excluding hydrogens is 327 g/mol. The third kappa shape index (κ3) is 2.66. The maximum Gasteiger partial charge on any atom is 0.708 e. The topological polar surface area (TPSA) is 129 Å². The summed E-state index contributed by atoms with van der Waals surface area (Å²) in [6, 6.07) is 2.57. The Morgan fingerprint density at radius 2 is 1.09 bits per heavy atom. The van der Waals surface area contributed by atoms with E-state index < -0.39 is 37.7 Å². The minimum Gasteiger partial charge on any atom is -0.253 e. The molecule has 0 atom stereocenters. The number of hydrogen-bond acceptors (Lipinski definition) is 6. The lowest BCUT2D eigenvalue weighted by atomic mass is 9.77. The van der Waals surface area contributed by atoms with Gasteiger partial charge in [0.25, 0.3) is 0 Å². The molecule has 0 unspecified atom stereocenters. The van der Waals surface area contributed by atoms with Crippen molar-refractivity contribution in [3.8, 4) is 0 Å². The lowest BCUT2D eigenvalue weighted by Crippen LogP contribution is -2.64. The summed E-state index contributed by atoms with van der Waals surface area (Å²) in [6.07, 6.45) is -4.69. The normalized spacial score (nSPS) is 12.7. The van der Waals surface area contributed by atoms with Crippen molar-refractivity contribution in [2.45, 2.75) is 31.2 Å². The maximum absolute atomic E-state index is 12.5. The number of hydrogen-bond donors (Lipinski definition) is 0. The SMILES string of the molecule is CC(C)(c1ccc(C(F)(F)F)cc1)C([N+](=O)[O-])([N+](=O)[O-])[N+](=O)[O-]. The zero-order valence-electron chi connectivity index (χ0n) is 11.7. The Morgan fingerprint density at radius 1 is 0.783 bits per heavy atom. The molecule has 1 rings (SSSR count). The quantitative estimate of drug-likeness (QED) is 0.461. The van der Waals surface area contributed by atoms with Gasteiger partial charge < -0.3 is 0 Å². The first-order valence-electron chi connectivity index (χ1n) is 5.90. The third-order valence-electron chi connectivity index (χ3n) is 3.54. The number of halogens is 3. The van der Waals surface area contributed by atoms with Crippen LogP contribution in [0.5, 0.6) is 0 Å². The van der Waals surface area contributed by atoms with Crippen LogP contribution in [0.1, 0.15) is 25.0 Å². The van der Waals surface area contributed by atoms with Crippen LogP contribution in [0.3, 0.4) is 0 Å². The Hall–Kier alpha value is -2.79. The monoisotopic (exact) mass is 337 g/mol. The molecule has 23 heavy (non-hydrogen) atoms. The molecule has 0 saturated heterocycles. The van der Waals surface area contributed by atoms with Crippen molar-refractivity contribution in [2.75, 3.05) is 0 Å². The summed E-state index contributed by atoms with van der Waals surface area (Å²) >= 11 is 0. The molecule has 0 aliphatic heterocycles. The summed E-state index contributed by atoms with van der Waals surface area (Å²) in [5.41, 5.74) is -3.77. The standard InChI is InChI=1S/C11H10F3N3O6/c1-9(2,11(15(18)19,16(20)21)17(22)23)7-3-5-8(6-4-7)10(12,13)14/h3-6H,1-2H3. The molecule has 1 aromatic carbocycles. The zero-order chi connectivity index (χ0) is 18.2. The second-order valence-corrected chi connectivity index (χ2v) is 5.11. The third-order valence-corrected chi connectivity index (χ3v) is 3.54. The molecule has 0 aromatic heterocycles. The van der Waals surface area contributed by atoms with Gasteiger partial charge in [-0.2, -0.15) is 13.2 Å². The van der Waals surface area contributed by atoms with Gasteiger partial charge in [-0.15, -0.1) is 0 Å². The van der Waals surface area contributed by atoms with Gasteiger partial charge in [-0.05, 0) is 31.5 Å². The van der Waals surface area contributed by atoms with Gasteiger partial charge in [0, 0.05) is 0 Å². The van der Waals surface area contributed by atoms with Crippen molar-refractivity contribution in [1.82, 2.24) is 0 Å². The second-order valence-electron chi connectivity index (χ2n) is 5.11. The number of nitro groups is 3. The fourth-order valence-corrected chi connectivity index (χ4v) is 2.15. The second kappa shape index (κ2) is 5.44. The molecular formula is C11H10F3N3O6. The molecule has 12 heteroatoms. The fourth-order valence-electron chi connectivity index (χ4n) is 2.15. The van der Waals surface area contributed by atoms with E-state index in [0.29, 0.717) is 12.1 Å². The van der Waals surface area contributed by atoms with Gasteiger partial charge in [0.05, 0.1) is 5.56 Å². The van der Waals surface area contributed by atoms with E-state index in [4.69, 9.17) is 0 Å². The lowest BCUT2D eigenvalue weighted by molar-refractivity contribution is -0.980. The number of nitrogens with zero attached hydrogens (tertiary/aromatic N) is 3. The highest BCUT2D eigenvalue weighted by atomic mass is 19.4. The predicted molar refractivity (Wildman–Crippen MR) is 68.2 cm³/mol. The molecule has 0 aliphatic carbocycles. The van der Waals surface area contributed by atoms with E-state index in [1.807, 2.05) is 0 Å². The number of rotatable bonds is 5. The molecule has 0 amide bonds. The van der Waals surface area contributed by atoms with Crippen molar-refractivity contribution in [3.63, 3.8) is 0 Å². The molecule has 0 heterocycles. The van der Waals surface area contributed by atoms with E-state index in [2.05, 4.69) is 0 Å². The van der Waals surface area contributed by atoms with E-state index in [1.165, 1.54) is 0 Å². The van der Waals surface area contributed by atoms with Gasteiger partial charge in [-0.1, -0.05) is 12.1 Å². The minimum atomic E-state index is -4.69. The predicted octanol–water partition coefficient (Wildman–Crippen LogP) is 2.47. The van der Waals surface area contributed by atoms with Gasteiger partial charge in [0.2, 0.25) is 5.41 Å². The molecule has 0 fully saturated rings. The molecule has 0 radical (unpaired) electrons. The Bertz CT molecular complexity index is 620. The Balaban J connectivity index is 3.56. The summed E-state index contributed by atoms with van der Waals surface area (Å²) in [5, 5.41) is 33.3. The summed E-state index contributed by atoms with van der Waals surface area (Å²) in [7, 11) is 0. The summed E-state index contributed by atoms with van der Waals surface area (Å²) in [6.45, 7) is 1.70. The molecule has 1 aromatic rings. The van der Waals surface area contributed by atoms with Crippen LogP contribution in [0.15, 0.2) is 24.3 Å². The van der Waals surface area contributed by atoms with Gasteiger partial charge in [0.1, 0.15) is 0 Å². The number of benzene rings is 1. The Morgan fingerprint density at radius 3 is 1.35 bits per heavy atom. The highest BCUT2D eigenvalue weighted by Gasteiger charge is 2.81. The van der Waals surface area contributed by atoms with Crippen LogP contribution in [-0.2, 0) is 11.6 Å². The molecule has 0 N–H and O–H groups in total. The fraction of sp³-hybridized carbons (Fsp3) is 0.455. The van der Waals surface area contributed by atoms with E-state index in [1.54, 1.807) is 0 Å². The van der Waals surface area contributed by atoms with Crippen molar-refractivity contribution < 1.29 is 27.9 Å². The van der Waals surface area contributed by atoms with Crippen molar-refractivity contribution in [1.29, 1.82) is 0 Å². The zero-order valence-corrected chi connectivity index (χ0v) is 11.7. The van der Waals surface area contributed by atoms with E-state index in [0.717, 1.165) is 26.0 Å². The summed E-state index contributed by atoms with van der Waals surface area (Å²) in [4.78, 5) is 28.3. The molecule has 0 bridgehead atoms. The van der Waals surface area contributed by atoms with Crippen molar-refractivity contribution in [3.05, 3.63) is 65.7 Å². The number of alkyl halides is 3. The first-order valence-corrected chi connectivity index (χ1v) is 5.90. The highest BCUT2D eigenvalue weighted by Crippen LogP contribution is 2.39. The van der Waals surface area contributed by atoms with Crippen LogP contribution in [0.2, 0.25) is 0 Å². The van der Waals surface area contributed by atoms with Crippen molar-refractivity contribution in [2.24, 2.45) is 0 Å². The molecule has 0 aliphatic rings. The van der Waals surface area contributed by atoms with E-state index in [-0.39, 0.29) is 5.56 Å². The van der Waals surface area contributed by atoms with Gasteiger partial charge in [-0.3, -0.25) is 30.3 Å². The van der Waals surface area contributed by atoms with Crippen LogP contribution < -0.4 is 0 Å². The molecule has 9 nitrogen and oxygen atoms in total. The highest BCUT2D eigenvalue weighted by molar-refractivity contribution is 5.30. The first kappa shape index (κ1) is 18.3. The Kier molecular flexibility index (Phi) is 4.32. The van der Waals surface area contributed by atoms with Crippen LogP contribution in [0.25, 0.3) is 0 Å². The summed E-state index contributed by atoms with van der Waals surface area (Å²) in [5.74, 6) is -3.84. The minimum absolute atomic E-state index is 0.351. The largest absolute Gasteiger partial charge is 0.708 e.